The predicted octanol–water partition coefficient (Wildman–Crippen LogP) is 3.88. The Labute approximate surface area is 122 Å². The number of benzene rings is 2. The molecule has 0 bridgehead atoms. The molecule has 8 heteroatoms. The highest BCUT2D eigenvalue weighted by Gasteiger charge is 2.21. The van der Waals surface area contributed by atoms with Crippen molar-refractivity contribution in [1.29, 1.82) is 0 Å². The lowest BCUT2D eigenvalue weighted by Crippen LogP contribution is -2.02. The highest BCUT2D eigenvalue weighted by atomic mass is 35.5. The second kappa shape index (κ2) is 5.76. The average Bonchev–Trinajstić information content (AvgIpc) is 2.40. The molecule has 21 heavy (non-hydrogen) atoms. The first-order valence-electron chi connectivity index (χ1n) is 5.53. The molecule has 6 nitrogen and oxygen atoms in total. The maximum atomic E-state index is 13.0. The first kappa shape index (κ1) is 14.7. The van der Waals surface area contributed by atoms with Crippen LogP contribution in [0.25, 0.3) is 0 Å². The van der Waals surface area contributed by atoms with E-state index in [0.717, 1.165) is 12.1 Å². The summed E-state index contributed by atoms with van der Waals surface area (Å²) in [5.41, 5.74) is -0.955. The van der Waals surface area contributed by atoms with Gasteiger partial charge in [0.25, 0.3) is 0 Å². The van der Waals surface area contributed by atoms with Crippen LogP contribution in [-0.4, -0.2) is 16.0 Å². The van der Waals surface area contributed by atoms with Gasteiger partial charge in [0.1, 0.15) is 17.1 Å². The van der Waals surface area contributed by atoms with Crippen molar-refractivity contribution >= 4 is 23.3 Å². The number of aromatic carboxylic acids is 1. The third-order valence-electron chi connectivity index (χ3n) is 2.53. The van der Waals surface area contributed by atoms with E-state index in [0.29, 0.717) is 6.07 Å². The Balaban J connectivity index is 2.51. The first-order valence-corrected chi connectivity index (χ1v) is 5.91. The summed E-state index contributed by atoms with van der Waals surface area (Å²) < 4.78 is 18.3. The van der Waals surface area contributed by atoms with Crippen molar-refractivity contribution in [2.24, 2.45) is 0 Å². The Kier molecular flexibility index (Phi) is 4.04. The largest absolute Gasteiger partial charge is 0.478 e. The Hall–Kier alpha value is -2.67. The summed E-state index contributed by atoms with van der Waals surface area (Å²) in [4.78, 5) is 21.2. The van der Waals surface area contributed by atoms with Crippen molar-refractivity contribution in [2.75, 3.05) is 0 Å². The van der Waals surface area contributed by atoms with E-state index in [9.17, 15) is 19.3 Å². The van der Waals surface area contributed by atoms with Crippen molar-refractivity contribution in [2.45, 2.75) is 0 Å². The Morgan fingerprint density at radius 1 is 1.29 bits per heavy atom. The summed E-state index contributed by atoms with van der Waals surface area (Å²) in [5, 5.41) is 19.9. The van der Waals surface area contributed by atoms with Crippen LogP contribution in [0.2, 0.25) is 5.02 Å². The van der Waals surface area contributed by atoms with Crippen molar-refractivity contribution in [1.82, 2.24) is 0 Å². The summed E-state index contributed by atoms with van der Waals surface area (Å²) in [6.45, 7) is 0. The third-order valence-corrected chi connectivity index (χ3v) is 2.84. The van der Waals surface area contributed by atoms with Crippen LogP contribution in [-0.2, 0) is 0 Å². The number of nitro benzene ring substituents is 1. The van der Waals surface area contributed by atoms with Crippen LogP contribution in [0.15, 0.2) is 36.4 Å². The van der Waals surface area contributed by atoms with Crippen LogP contribution in [0, 0.1) is 15.9 Å². The highest BCUT2D eigenvalue weighted by molar-refractivity contribution is 6.33. The van der Waals surface area contributed by atoms with Crippen molar-refractivity contribution in [3.63, 3.8) is 0 Å². The van der Waals surface area contributed by atoms with Gasteiger partial charge in [0.15, 0.2) is 0 Å². The van der Waals surface area contributed by atoms with Crippen LogP contribution < -0.4 is 4.74 Å². The Morgan fingerprint density at radius 3 is 2.62 bits per heavy atom. The van der Waals surface area contributed by atoms with Gasteiger partial charge >= 0.3 is 11.7 Å². The number of ether oxygens (including phenoxy) is 1. The van der Waals surface area contributed by atoms with Crippen LogP contribution >= 0.6 is 11.6 Å². The lowest BCUT2D eigenvalue weighted by Gasteiger charge is -2.10. The minimum atomic E-state index is -1.35. The maximum Gasteiger partial charge on any atom is 0.341 e. The molecule has 0 aliphatic heterocycles. The van der Waals surface area contributed by atoms with Crippen molar-refractivity contribution in [3.8, 4) is 11.5 Å². The van der Waals surface area contributed by atoms with Gasteiger partial charge in [-0.25, -0.2) is 9.18 Å². The second-order valence-corrected chi connectivity index (χ2v) is 4.30. The normalized spacial score (nSPS) is 10.2. The van der Waals surface area contributed by atoms with E-state index < -0.39 is 22.4 Å². The number of hydrogen-bond donors (Lipinski definition) is 1. The third kappa shape index (κ3) is 3.09. The van der Waals surface area contributed by atoms with Crippen LogP contribution in [0.1, 0.15) is 10.4 Å². The van der Waals surface area contributed by atoms with E-state index in [1.807, 2.05) is 0 Å². The number of carboxylic acid groups (broad SMARTS) is 1. The molecule has 108 valence electrons. The van der Waals surface area contributed by atoms with Gasteiger partial charge in [-0.05, 0) is 24.3 Å². The van der Waals surface area contributed by atoms with Gasteiger partial charge in [0.05, 0.1) is 16.0 Å². The number of nitro groups is 1. The quantitative estimate of drug-likeness (QED) is 0.683. The lowest BCUT2D eigenvalue weighted by molar-refractivity contribution is -0.385. The maximum absolute atomic E-state index is 13.0. The van der Waals surface area contributed by atoms with Crippen molar-refractivity contribution in [3.05, 3.63) is 62.9 Å². The number of carbonyl (C=O) groups is 1. The zero-order valence-electron chi connectivity index (χ0n) is 10.2. The molecule has 0 saturated heterocycles. The number of halogens is 2. The molecule has 0 aliphatic rings. The summed E-state index contributed by atoms with van der Waals surface area (Å²) in [6, 6.07) is 6.76. The molecule has 2 aromatic rings. The van der Waals surface area contributed by atoms with E-state index in [1.54, 1.807) is 0 Å². The van der Waals surface area contributed by atoms with Crippen molar-refractivity contribution < 1.29 is 24.0 Å². The molecular formula is C13H7ClFNO5. The zero-order chi connectivity index (χ0) is 15.6. The van der Waals surface area contributed by atoms with E-state index >= 15 is 0 Å². The molecule has 2 rings (SSSR count). The molecule has 0 amide bonds. The van der Waals surface area contributed by atoms with Gasteiger partial charge < -0.3 is 9.84 Å². The smallest absolute Gasteiger partial charge is 0.341 e. The molecule has 1 N–H and O–H groups in total. The van der Waals surface area contributed by atoms with Gasteiger partial charge in [-0.2, -0.15) is 0 Å². The molecule has 0 heterocycles. The number of nitrogens with zero attached hydrogens (tertiary/aromatic N) is 1. The minimum absolute atomic E-state index is 0.0789. The summed E-state index contributed by atoms with van der Waals surface area (Å²) in [7, 11) is 0. The SMILES string of the molecule is O=C(O)c1c(Cl)cccc1Oc1ccc(F)cc1[N+](=O)[O-]. The van der Waals surface area contributed by atoms with E-state index in [2.05, 4.69) is 0 Å². The molecule has 0 saturated carbocycles. The first-order chi connectivity index (χ1) is 9.90. The molecular weight excluding hydrogens is 305 g/mol. The van der Waals surface area contributed by atoms with Gasteiger partial charge in [-0.15, -0.1) is 0 Å². The molecule has 0 atom stereocenters. The fourth-order valence-corrected chi connectivity index (χ4v) is 1.88. The fraction of sp³-hybridized carbons (Fsp3) is 0. The molecule has 0 radical (unpaired) electrons. The number of carboxylic acids is 1. The van der Waals surface area contributed by atoms with E-state index in [1.165, 1.54) is 18.2 Å². The minimum Gasteiger partial charge on any atom is -0.478 e. The molecule has 0 aliphatic carbocycles. The van der Waals surface area contributed by atoms with Gasteiger partial charge in [-0.1, -0.05) is 17.7 Å². The molecule has 0 aromatic heterocycles. The van der Waals surface area contributed by atoms with Crippen LogP contribution in [0.5, 0.6) is 11.5 Å². The zero-order valence-corrected chi connectivity index (χ0v) is 11.0. The topological polar surface area (TPSA) is 89.7 Å². The van der Waals surface area contributed by atoms with Gasteiger partial charge in [0.2, 0.25) is 5.75 Å². The molecule has 0 spiro atoms. The van der Waals surface area contributed by atoms with E-state index in [-0.39, 0.29) is 22.1 Å². The van der Waals surface area contributed by atoms with Crippen LogP contribution in [0.3, 0.4) is 0 Å². The Bertz CT molecular complexity index is 734. The van der Waals surface area contributed by atoms with Gasteiger partial charge in [0, 0.05) is 0 Å². The average molecular weight is 312 g/mol. The molecule has 2 aromatic carbocycles. The number of hydrogen-bond acceptors (Lipinski definition) is 4. The number of rotatable bonds is 4. The summed E-state index contributed by atoms with van der Waals surface area (Å²) >= 11 is 5.76. The lowest BCUT2D eigenvalue weighted by atomic mass is 10.2. The van der Waals surface area contributed by atoms with Crippen LogP contribution in [0.4, 0.5) is 10.1 Å². The summed E-state index contributed by atoms with van der Waals surface area (Å²) in [6.07, 6.45) is 0. The molecule has 0 unspecified atom stereocenters. The predicted molar refractivity (Wildman–Crippen MR) is 71.5 cm³/mol. The fourth-order valence-electron chi connectivity index (χ4n) is 1.63. The summed E-state index contributed by atoms with van der Waals surface area (Å²) in [5.74, 6) is -2.62. The Morgan fingerprint density at radius 2 is 2.00 bits per heavy atom. The van der Waals surface area contributed by atoms with E-state index in [4.69, 9.17) is 21.4 Å². The standard InChI is InChI=1S/C13H7ClFNO5/c14-8-2-1-3-11(12(8)13(17)18)21-10-5-4-7(15)6-9(10)16(19)20/h1-6H,(H,17,18). The monoisotopic (exact) mass is 311 g/mol. The highest BCUT2D eigenvalue weighted by Crippen LogP contribution is 2.35. The van der Waals surface area contributed by atoms with Gasteiger partial charge in [-0.3, -0.25) is 10.1 Å². The molecule has 0 fully saturated rings. The second-order valence-electron chi connectivity index (χ2n) is 3.89.